The Balaban J connectivity index is 1.72. The van der Waals surface area contributed by atoms with Gasteiger partial charge in [-0.05, 0) is 35.7 Å². The lowest BCUT2D eigenvalue weighted by Crippen LogP contribution is -2.28. The summed E-state index contributed by atoms with van der Waals surface area (Å²) in [5, 5.41) is 2.92. The smallest absolute Gasteiger partial charge is 0.229 e. The highest BCUT2D eigenvalue weighted by molar-refractivity contribution is 6.04. The average molecular weight is 382 g/mol. The molecule has 6 nitrogen and oxygen atoms in total. The summed E-state index contributed by atoms with van der Waals surface area (Å²) in [6, 6.07) is 13.1. The van der Waals surface area contributed by atoms with Crippen molar-refractivity contribution in [1.82, 2.24) is 0 Å². The van der Waals surface area contributed by atoms with Gasteiger partial charge >= 0.3 is 0 Å². The molecule has 0 spiro atoms. The van der Waals surface area contributed by atoms with Crippen LogP contribution in [0.2, 0.25) is 0 Å². The highest BCUT2D eigenvalue weighted by Gasteiger charge is 2.36. The summed E-state index contributed by atoms with van der Waals surface area (Å²) in [5.74, 6) is 0.940. The van der Waals surface area contributed by atoms with E-state index in [4.69, 9.17) is 9.47 Å². The van der Waals surface area contributed by atoms with Crippen LogP contribution in [0.4, 0.5) is 11.4 Å². The van der Waals surface area contributed by atoms with E-state index in [-0.39, 0.29) is 18.2 Å². The third-order valence-electron chi connectivity index (χ3n) is 5.02. The van der Waals surface area contributed by atoms with Gasteiger partial charge in [0.1, 0.15) is 11.5 Å². The van der Waals surface area contributed by atoms with E-state index in [1.807, 2.05) is 24.3 Å². The number of nitrogens with one attached hydrogen (secondary N) is 1. The number of carbonyl (C=O) groups excluding carboxylic acids is 2. The Morgan fingerprint density at radius 1 is 1.11 bits per heavy atom. The van der Waals surface area contributed by atoms with Crippen molar-refractivity contribution >= 4 is 23.2 Å². The van der Waals surface area contributed by atoms with Gasteiger partial charge in [0.25, 0.3) is 0 Å². The van der Waals surface area contributed by atoms with Crippen LogP contribution in [-0.4, -0.2) is 32.6 Å². The molecular weight excluding hydrogens is 356 g/mol. The van der Waals surface area contributed by atoms with Crippen molar-refractivity contribution in [2.24, 2.45) is 5.92 Å². The van der Waals surface area contributed by atoms with Crippen molar-refractivity contribution in [3.05, 3.63) is 48.0 Å². The minimum absolute atomic E-state index is 0.109. The molecule has 2 aromatic carbocycles. The van der Waals surface area contributed by atoms with E-state index in [1.165, 1.54) is 5.56 Å². The lowest BCUT2D eigenvalue weighted by molar-refractivity contribution is -0.122. The number of carbonyl (C=O) groups is 2. The lowest BCUT2D eigenvalue weighted by atomic mass is 10.0. The first-order valence-corrected chi connectivity index (χ1v) is 9.36. The Kier molecular flexibility index (Phi) is 5.87. The van der Waals surface area contributed by atoms with Gasteiger partial charge in [-0.15, -0.1) is 0 Å². The summed E-state index contributed by atoms with van der Waals surface area (Å²) >= 11 is 0. The highest BCUT2D eigenvalue weighted by Crippen LogP contribution is 2.36. The van der Waals surface area contributed by atoms with E-state index in [1.54, 1.807) is 37.3 Å². The van der Waals surface area contributed by atoms with Crippen LogP contribution < -0.4 is 19.7 Å². The minimum Gasteiger partial charge on any atom is -0.497 e. The Morgan fingerprint density at radius 2 is 1.82 bits per heavy atom. The summed E-state index contributed by atoms with van der Waals surface area (Å²) in [7, 11) is 3.12. The van der Waals surface area contributed by atoms with Crippen LogP contribution in [0.3, 0.4) is 0 Å². The van der Waals surface area contributed by atoms with Crippen LogP contribution in [0.1, 0.15) is 31.7 Å². The second-order valence-electron chi connectivity index (χ2n) is 7.21. The summed E-state index contributed by atoms with van der Waals surface area (Å²) in [4.78, 5) is 26.9. The Bertz CT molecular complexity index is 861. The molecule has 0 saturated carbocycles. The van der Waals surface area contributed by atoms with E-state index in [0.29, 0.717) is 29.6 Å². The monoisotopic (exact) mass is 382 g/mol. The van der Waals surface area contributed by atoms with E-state index in [9.17, 15) is 9.59 Å². The van der Waals surface area contributed by atoms with Gasteiger partial charge in [-0.3, -0.25) is 9.59 Å². The molecule has 1 heterocycles. The topological polar surface area (TPSA) is 67.9 Å². The van der Waals surface area contributed by atoms with Crippen molar-refractivity contribution in [3.63, 3.8) is 0 Å². The predicted octanol–water partition coefficient (Wildman–Crippen LogP) is 3.82. The molecule has 0 unspecified atom stereocenters. The molecule has 148 valence electrons. The van der Waals surface area contributed by atoms with E-state index in [0.717, 1.165) is 5.69 Å². The molecule has 1 saturated heterocycles. The molecule has 0 aromatic heterocycles. The first-order chi connectivity index (χ1) is 13.4. The van der Waals surface area contributed by atoms with Gasteiger partial charge < -0.3 is 19.7 Å². The number of ether oxygens (including phenoxy) is 2. The fourth-order valence-electron chi connectivity index (χ4n) is 3.32. The van der Waals surface area contributed by atoms with Crippen LogP contribution >= 0.6 is 0 Å². The van der Waals surface area contributed by atoms with Crippen molar-refractivity contribution in [2.75, 3.05) is 31.0 Å². The Labute approximate surface area is 165 Å². The fourth-order valence-corrected chi connectivity index (χ4v) is 3.32. The summed E-state index contributed by atoms with van der Waals surface area (Å²) in [6.45, 7) is 4.55. The zero-order chi connectivity index (χ0) is 20.3. The third kappa shape index (κ3) is 4.11. The highest BCUT2D eigenvalue weighted by atomic mass is 16.5. The molecule has 2 aromatic rings. The van der Waals surface area contributed by atoms with E-state index < -0.39 is 5.92 Å². The van der Waals surface area contributed by atoms with Gasteiger partial charge in [-0.1, -0.05) is 26.0 Å². The summed E-state index contributed by atoms with van der Waals surface area (Å²) in [5.41, 5.74) is 2.56. The zero-order valence-corrected chi connectivity index (χ0v) is 16.7. The lowest BCUT2D eigenvalue weighted by Gasteiger charge is -2.20. The molecule has 1 atom stereocenters. The molecule has 2 amide bonds. The first-order valence-electron chi connectivity index (χ1n) is 9.36. The van der Waals surface area contributed by atoms with Gasteiger partial charge in [0.05, 0.1) is 25.8 Å². The molecule has 6 heteroatoms. The van der Waals surface area contributed by atoms with Gasteiger partial charge in [0.15, 0.2) is 0 Å². The fraction of sp³-hybridized carbons (Fsp3) is 0.364. The number of hydrogen-bond acceptors (Lipinski definition) is 4. The largest absolute Gasteiger partial charge is 0.497 e. The minimum atomic E-state index is -0.423. The maximum Gasteiger partial charge on any atom is 0.229 e. The molecule has 0 radical (unpaired) electrons. The molecule has 1 aliphatic heterocycles. The maximum absolute atomic E-state index is 12.7. The standard InChI is InChI=1S/C22H26N2O4/c1-14(2)15-5-7-17(8-6-15)23-22(26)16-11-21(25)24(13-16)19-12-18(27-3)9-10-20(19)28-4/h5-10,12,14,16H,11,13H2,1-4H3,(H,23,26)/t16-/m1/s1. The molecule has 3 rings (SSSR count). The van der Waals surface area contributed by atoms with Crippen LogP contribution in [0, 0.1) is 5.92 Å². The van der Waals surface area contributed by atoms with Gasteiger partial charge in [-0.2, -0.15) is 0 Å². The maximum atomic E-state index is 12.7. The zero-order valence-electron chi connectivity index (χ0n) is 16.7. The Hall–Kier alpha value is -3.02. The van der Waals surface area contributed by atoms with Crippen LogP contribution in [0.15, 0.2) is 42.5 Å². The molecule has 1 fully saturated rings. The number of amides is 2. The quantitative estimate of drug-likeness (QED) is 0.825. The number of benzene rings is 2. The number of nitrogens with zero attached hydrogens (tertiary/aromatic N) is 1. The van der Waals surface area contributed by atoms with E-state index in [2.05, 4.69) is 19.2 Å². The van der Waals surface area contributed by atoms with Crippen LogP contribution in [0.5, 0.6) is 11.5 Å². The molecule has 1 aliphatic rings. The predicted molar refractivity (Wildman–Crippen MR) is 109 cm³/mol. The first kappa shape index (κ1) is 19.7. The number of anilines is 2. The third-order valence-corrected chi connectivity index (χ3v) is 5.02. The average Bonchev–Trinajstić information content (AvgIpc) is 3.09. The summed E-state index contributed by atoms with van der Waals surface area (Å²) < 4.78 is 10.6. The van der Waals surface area contributed by atoms with Crippen LogP contribution in [0.25, 0.3) is 0 Å². The van der Waals surface area contributed by atoms with E-state index >= 15 is 0 Å². The molecular formula is C22H26N2O4. The van der Waals surface area contributed by atoms with Gasteiger partial charge in [0, 0.05) is 24.7 Å². The van der Waals surface area contributed by atoms with Gasteiger partial charge in [-0.25, -0.2) is 0 Å². The normalized spacial score (nSPS) is 16.4. The van der Waals surface area contributed by atoms with Gasteiger partial charge in [0.2, 0.25) is 11.8 Å². The Morgan fingerprint density at radius 3 is 2.43 bits per heavy atom. The second kappa shape index (κ2) is 8.33. The summed E-state index contributed by atoms with van der Waals surface area (Å²) in [6.07, 6.45) is 0.163. The van der Waals surface area contributed by atoms with Crippen molar-refractivity contribution in [2.45, 2.75) is 26.2 Å². The molecule has 0 aliphatic carbocycles. The number of hydrogen-bond donors (Lipinski definition) is 1. The van der Waals surface area contributed by atoms with Crippen LogP contribution in [-0.2, 0) is 9.59 Å². The number of rotatable bonds is 6. The van der Waals surface area contributed by atoms with Crippen molar-refractivity contribution < 1.29 is 19.1 Å². The molecule has 1 N–H and O–H groups in total. The molecule has 28 heavy (non-hydrogen) atoms. The van der Waals surface area contributed by atoms with Crippen molar-refractivity contribution in [3.8, 4) is 11.5 Å². The SMILES string of the molecule is COc1ccc(OC)c(N2C[C@H](C(=O)Nc3ccc(C(C)C)cc3)CC2=O)c1. The van der Waals surface area contributed by atoms with Crippen molar-refractivity contribution in [1.29, 1.82) is 0 Å². The second-order valence-corrected chi connectivity index (χ2v) is 7.21. The number of methoxy groups -OCH3 is 2. The molecule has 0 bridgehead atoms.